The summed E-state index contributed by atoms with van der Waals surface area (Å²) < 4.78 is 0. The van der Waals surface area contributed by atoms with Gasteiger partial charge < -0.3 is 5.32 Å². The Labute approximate surface area is 161 Å². The highest BCUT2D eigenvalue weighted by Crippen LogP contribution is 2.25. The van der Waals surface area contributed by atoms with Gasteiger partial charge in [0.25, 0.3) is 0 Å². The van der Waals surface area contributed by atoms with Gasteiger partial charge in [0.15, 0.2) is 0 Å². The average molecular weight is 400 g/mol. The summed E-state index contributed by atoms with van der Waals surface area (Å²) in [5, 5.41) is 4.33. The number of halogens is 2. The molecular formula is C18H19Cl2NOS2. The van der Waals surface area contributed by atoms with Crippen molar-refractivity contribution in [1.82, 2.24) is 5.32 Å². The standard InChI is InChI=1S/C18H19Cl2NOS2/c1-13(24-16-8-6-15(19)7-9-16)18(22)21-10-11-23-12-14-4-2-3-5-17(14)20/h2-9,13H,10-12H2,1H3,(H,21,22)/t13-/m0/s1. The van der Waals surface area contributed by atoms with Gasteiger partial charge >= 0.3 is 0 Å². The van der Waals surface area contributed by atoms with Crippen LogP contribution in [-0.2, 0) is 10.5 Å². The predicted molar refractivity (Wildman–Crippen MR) is 107 cm³/mol. The van der Waals surface area contributed by atoms with Crippen LogP contribution in [0.3, 0.4) is 0 Å². The van der Waals surface area contributed by atoms with Crippen LogP contribution < -0.4 is 5.32 Å². The molecule has 0 spiro atoms. The van der Waals surface area contributed by atoms with Crippen molar-refractivity contribution in [3.63, 3.8) is 0 Å². The van der Waals surface area contributed by atoms with Gasteiger partial charge in [-0.1, -0.05) is 41.4 Å². The van der Waals surface area contributed by atoms with E-state index in [1.165, 1.54) is 11.8 Å². The largest absolute Gasteiger partial charge is 0.354 e. The molecule has 0 aromatic heterocycles. The molecular weight excluding hydrogens is 381 g/mol. The molecule has 0 radical (unpaired) electrons. The van der Waals surface area contributed by atoms with Crippen molar-refractivity contribution in [2.24, 2.45) is 0 Å². The Balaban J connectivity index is 1.65. The van der Waals surface area contributed by atoms with Crippen LogP contribution in [0.5, 0.6) is 0 Å². The SMILES string of the molecule is C[C@H](Sc1ccc(Cl)cc1)C(=O)NCCSCc1ccccc1Cl. The normalized spacial score (nSPS) is 12.0. The number of carbonyl (C=O) groups excluding carboxylic acids is 1. The number of rotatable bonds is 8. The van der Waals surface area contributed by atoms with Gasteiger partial charge in [-0.2, -0.15) is 11.8 Å². The van der Waals surface area contributed by atoms with Crippen molar-refractivity contribution >= 4 is 52.6 Å². The van der Waals surface area contributed by atoms with E-state index < -0.39 is 0 Å². The molecule has 1 amide bonds. The quantitative estimate of drug-likeness (QED) is 0.467. The highest BCUT2D eigenvalue weighted by atomic mass is 35.5. The van der Waals surface area contributed by atoms with Gasteiger partial charge in [0.05, 0.1) is 5.25 Å². The lowest BCUT2D eigenvalue weighted by Crippen LogP contribution is -2.32. The van der Waals surface area contributed by atoms with E-state index in [0.29, 0.717) is 11.6 Å². The smallest absolute Gasteiger partial charge is 0.233 e. The lowest BCUT2D eigenvalue weighted by atomic mass is 10.2. The molecule has 0 saturated carbocycles. The van der Waals surface area contributed by atoms with Gasteiger partial charge in [-0.15, -0.1) is 11.8 Å². The molecule has 1 atom stereocenters. The van der Waals surface area contributed by atoms with E-state index in [-0.39, 0.29) is 11.2 Å². The van der Waals surface area contributed by atoms with E-state index in [0.717, 1.165) is 27.0 Å². The molecule has 0 saturated heterocycles. The zero-order valence-corrected chi connectivity index (χ0v) is 16.4. The van der Waals surface area contributed by atoms with E-state index >= 15 is 0 Å². The second-order valence-electron chi connectivity index (χ2n) is 5.15. The molecule has 0 fully saturated rings. The van der Waals surface area contributed by atoms with Gasteiger partial charge in [0, 0.05) is 33.0 Å². The van der Waals surface area contributed by atoms with Crippen molar-refractivity contribution in [2.75, 3.05) is 12.3 Å². The molecule has 2 rings (SSSR count). The minimum Gasteiger partial charge on any atom is -0.354 e. The van der Waals surface area contributed by atoms with Crippen LogP contribution in [0.15, 0.2) is 53.4 Å². The van der Waals surface area contributed by atoms with Crippen molar-refractivity contribution in [3.8, 4) is 0 Å². The third kappa shape index (κ3) is 6.60. The Morgan fingerprint density at radius 1 is 1.12 bits per heavy atom. The molecule has 24 heavy (non-hydrogen) atoms. The van der Waals surface area contributed by atoms with E-state index in [1.54, 1.807) is 11.8 Å². The Morgan fingerprint density at radius 3 is 2.54 bits per heavy atom. The summed E-state index contributed by atoms with van der Waals surface area (Å²) in [7, 11) is 0. The van der Waals surface area contributed by atoms with Gasteiger partial charge in [-0.05, 0) is 42.8 Å². The van der Waals surface area contributed by atoms with Crippen LogP contribution in [0, 0.1) is 0 Å². The molecule has 2 aromatic rings. The molecule has 0 heterocycles. The van der Waals surface area contributed by atoms with Crippen LogP contribution in [0.2, 0.25) is 10.0 Å². The second kappa shape index (κ2) is 10.2. The Morgan fingerprint density at radius 2 is 1.83 bits per heavy atom. The number of benzene rings is 2. The van der Waals surface area contributed by atoms with Crippen molar-refractivity contribution in [3.05, 3.63) is 64.1 Å². The fourth-order valence-corrected chi connectivity index (χ4v) is 4.12. The number of thioether (sulfide) groups is 2. The van der Waals surface area contributed by atoms with Crippen molar-refractivity contribution in [2.45, 2.75) is 22.8 Å². The highest BCUT2D eigenvalue weighted by molar-refractivity contribution is 8.00. The number of hydrogen-bond donors (Lipinski definition) is 1. The second-order valence-corrected chi connectivity index (χ2v) is 8.51. The number of carbonyl (C=O) groups is 1. The summed E-state index contributed by atoms with van der Waals surface area (Å²) in [4.78, 5) is 13.2. The fourth-order valence-electron chi connectivity index (χ4n) is 1.96. The maximum atomic E-state index is 12.1. The first kappa shape index (κ1) is 19.5. The van der Waals surface area contributed by atoms with Gasteiger partial charge in [-0.3, -0.25) is 4.79 Å². The predicted octanol–water partition coefficient (Wildman–Crippen LogP) is 5.52. The highest BCUT2D eigenvalue weighted by Gasteiger charge is 2.13. The molecule has 0 aliphatic carbocycles. The summed E-state index contributed by atoms with van der Waals surface area (Å²) in [6.07, 6.45) is 0. The molecule has 0 aliphatic rings. The number of nitrogens with one attached hydrogen (secondary N) is 1. The van der Waals surface area contributed by atoms with E-state index in [1.807, 2.05) is 55.5 Å². The monoisotopic (exact) mass is 399 g/mol. The molecule has 0 unspecified atom stereocenters. The summed E-state index contributed by atoms with van der Waals surface area (Å²) in [5.74, 6) is 1.76. The van der Waals surface area contributed by atoms with Crippen molar-refractivity contribution < 1.29 is 4.79 Å². The van der Waals surface area contributed by atoms with Gasteiger partial charge in [-0.25, -0.2) is 0 Å². The van der Waals surface area contributed by atoms with E-state index in [2.05, 4.69) is 5.32 Å². The van der Waals surface area contributed by atoms with E-state index in [9.17, 15) is 4.79 Å². The molecule has 0 aliphatic heterocycles. The minimum atomic E-state index is -0.139. The molecule has 1 N–H and O–H groups in total. The van der Waals surface area contributed by atoms with Crippen molar-refractivity contribution in [1.29, 1.82) is 0 Å². The number of hydrogen-bond acceptors (Lipinski definition) is 3. The van der Waals surface area contributed by atoms with Crippen LogP contribution in [-0.4, -0.2) is 23.5 Å². The summed E-state index contributed by atoms with van der Waals surface area (Å²) in [6.45, 7) is 2.56. The topological polar surface area (TPSA) is 29.1 Å². The third-order valence-corrected chi connectivity index (χ3v) is 6.00. The lowest BCUT2D eigenvalue weighted by molar-refractivity contribution is -0.120. The molecule has 2 nitrogen and oxygen atoms in total. The minimum absolute atomic E-state index is 0.0493. The molecule has 128 valence electrons. The lowest BCUT2D eigenvalue weighted by Gasteiger charge is -2.12. The van der Waals surface area contributed by atoms with Crippen LogP contribution in [0.25, 0.3) is 0 Å². The average Bonchev–Trinajstić information content (AvgIpc) is 2.58. The fraction of sp³-hybridized carbons (Fsp3) is 0.278. The third-order valence-electron chi connectivity index (χ3n) is 3.26. The first-order valence-corrected chi connectivity index (χ1v) is 10.4. The summed E-state index contributed by atoms with van der Waals surface area (Å²) >= 11 is 15.3. The van der Waals surface area contributed by atoms with Gasteiger partial charge in [0.2, 0.25) is 5.91 Å². The zero-order chi connectivity index (χ0) is 17.4. The van der Waals surface area contributed by atoms with Crippen LogP contribution in [0.4, 0.5) is 0 Å². The summed E-state index contributed by atoms with van der Waals surface area (Å²) in [5.41, 5.74) is 1.13. The number of amides is 1. The Kier molecular flexibility index (Phi) is 8.33. The Bertz CT molecular complexity index is 664. The maximum Gasteiger partial charge on any atom is 0.233 e. The first-order chi connectivity index (χ1) is 11.6. The molecule has 6 heteroatoms. The first-order valence-electron chi connectivity index (χ1n) is 7.57. The molecule has 0 bridgehead atoms. The Hall–Kier alpha value is -0.810. The summed E-state index contributed by atoms with van der Waals surface area (Å²) in [6, 6.07) is 15.4. The zero-order valence-electron chi connectivity index (χ0n) is 13.3. The van der Waals surface area contributed by atoms with Gasteiger partial charge in [0.1, 0.15) is 0 Å². The van der Waals surface area contributed by atoms with Crippen LogP contribution in [0.1, 0.15) is 12.5 Å². The molecule has 2 aromatic carbocycles. The van der Waals surface area contributed by atoms with E-state index in [4.69, 9.17) is 23.2 Å². The maximum absolute atomic E-state index is 12.1. The van der Waals surface area contributed by atoms with Crippen LogP contribution >= 0.6 is 46.7 Å².